The van der Waals surface area contributed by atoms with Gasteiger partial charge < -0.3 is 10.3 Å². The molecule has 24 heavy (non-hydrogen) atoms. The monoisotopic (exact) mass is 365 g/mol. The van der Waals surface area contributed by atoms with Gasteiger partial charge in [0.25, 0.3) is 5.56 Å². The molecule has 0 radical (unpaired) electrons. The molecule has 0 bridgehead atoms. The quantitative estimate of drug-likeness (QED) is 0.609. The Kier molecular flexibility index (Phi) is 6.45. The molecule has 2 rings (SSSR count). The summed E-state index contributed by atoms with van der Waals surface area (Å²) in [5.74, 6) is 0.468. The van der Waals surface area contributed by atoms with Crippen molar-refractivity contribution >= 4 is 29.3 Å². The molecule has 7 heteroatoms. The summed E-state index contributed by atoms with van der Waals surface area (Å²) in [5.41, 5.74) is 1.76. The number of carbonyl (C=O) groups excluding carboxylic acids is 1. The van der Waals surface area contributed by atoms with E-state index in [2.05, 4.69) is 15.3 Å². The summed E-state index contributed by atoms with van der Waals surface area (Å²) in [4.78, 5) is 31.2. The van der Waals surface area contributed by atoms with E-state index in [4.69, 9.17) is 11.6 Å². The highest BCUT2D eigenvalue weighted by Crippen LogP contribution is 2.21. The summed E-state index contributed by atoms with van der Waals surface area (Å²) in [6.07, 6.45) is 0.0333. The van der Waals surface area contributed by atoms with Crippen molar-refractivity contribution in [3.63, 3.8) is 0 Å². The van der Waals surface area contributed by atoms with Crippen LogP contribution in [-0.4, -0.2) is 21.9 Å². The first-order chi connectivity index (χ1) is 11.3. The maximum absolute atomic E-state index is 12.2. The van der Waals surface area contributed by atoms with Crippen molar-refractivity contribution in [1.29, 1.82) is 0 Å². The Morgan fingerprint density at radius 1 is 1.42 bits per heavy atom. The van der Waals surface area contributed by atoms with Crippen molar-refractivity contribution in [1.82, 2.24) is 15.3 Å². The van der Waals surface area contributed by atoms with Crippen molar-refractivity contribution in [2.45, 2.75) is 44.1 Å². The van der Waals surface area contributed by atoms with Gasteiger partial charge in [0.15, 0.2) is 5.16 Å². The standard InChI is InChI=1S/C17H20ClN3O2S/c1-10(2)19-15(22)8-14-11(3)20-17(21-16(14)23)24-9-12-5-4-6-13(18)7-12/h4-7,10H,8-9H2,1-3H3,(H,19,22)(H,20,21,23). The fraction of sp³-hybridized carbons (Fsp3) is 0.353. The van der Waals surface area contributed by atoms with Crippen molar-refractivity contribution in [3.05, 3.63) is 56.5 Å². The largest absolute Gasteiger partial charge is 0.354 e. The van der Waals surface area contributed by atoms with Crippen molar-refractivity contribution in [2.24, 2.45) is 0 Å². The van der Waals surface area contributed by atoms with Gasteiger partial charge in [-0.25, -0.2) is 4.98 Å². The third-order valence-electron chi connectivity index (χ3n) is 3.25. The van der Waals surface area contributed by atoms with Gasteiger partial charge in [-0.1, -0.05) is 35.5 Å². The van der Waals surface area contributed by atoms with Gasteiger partial charge in [0.1, 0.15) is 0 Å². The molecule has 2 N–H and O–H groups in total. The Morgan fingerprint density at radius 2 is 2.17 bits per heavy atom. The Hall–Kier alpha value is -1.79. The summed E-state index contributed by atoms with van der Waals surface area (Å²) in [6.45, 7) is 5.50. The van der Waals surface area contributed by atoms with Crippen molar-refractivity contribution in [3.8, 4) is 0 Å². The van der Waals surface area contributed by atoms with Crippen LogP contribution in [0, 0.1) is 6.92 Å². The van der Waals surface area contributed by atoms with Crippen LogP contribution in [0.2, 0.25) is 5.02 Å². The number of H-pyrrole nitrogens is 1. The lowest BCUT2D eigenvalue weighted by Gasteiger charge is -2.10. The molecule has 2 aromatic rings. The van der Waals surface area contributed by atoms with Crippen LogP contribution in [0.5, 0.6) is 0 Å². The SMILES string of the molecule is Cc1nc(SCc2cccc(Cl)c2)[nH]c(=O)c1CC(=O)NC(C)C. The number of benzene rings is 1. The second-order valence-electron chi connectivity index (χ2n) is 5.75. The molecule has 128 valence electrons. The zero-order valence-electron chi connectivity index (χ0n) is 13.9. The van der Waals surface area contributed by atoms with E-state index in [0.717, 1.165) is 5.56 Å². The van der Waals surface area contributed by atoms with Gasteiger partial charge >= 0.3 is 0 Å². The fourth-order valence-electron chi connectivity index (χ4n) is 2.17. The summed E-state index contributed by atoms with van der Waals surface area (Å²) >= 11 is 7.38. The molecule has 0 fully saturated rings. The zero-order valence-corrected chi connectivity index (χ0v) is 15.4. The van der Waals surface area contributed by atoms with E-state index in [9.17, 15) is 9.59 Å². The van der Waals surface area contributed by atoms with Gasteiger partial charge in [-0.3, -0.25) is 9.59 Å². The third kappa shape index (κ3) is 5.39. The molecule has 1 amide bonds. The van der Waals surface area contributed by atoms with Gasteiger partial charge in [0.2, 0.25) is 5.91 Å². The van der Waals surface area contributed by atoms with Crippen molar-refractivity contribution < 1.29 is 4.79 Å². The molecule has 0 spiro atoms. The predicted molar refractivity (Wildman–Crippen MR) is 97.6 cm³/mol. The summed E-state index contributed by atoms with van der Waals surface area (Å²) in [7, 11) is 0. The molecular formula is C17H20ClN3O2S. The molecule has 0 atom stereocenters. The van der Waals surface area contributed by atoms with Crippen LogP contribution in [0.1, 0.15) is 30.7 Å². The highest BCUT2D eigenvalue weighted by molar-refractivity contribution is 7.98. The van der Waals surface area contributed by atoms with Crippen LogP contribution >= 0.6 is 23.4 Å². The number of nitrogens with one attached hydrogen (secondary N) is 2. The van der Waals surface area contributed by atoms with Gasteiger partial charge in [0.05, 0.1) is 6.42 Å². The minimum Gasteiger partial charge on any atom is -0.354 e. The van der Waals surface area contributed by atoms with Crippen LogP contribution < -0.4 is 10.9 Å². The van der Waals surface area contributed by atoms with E-state index >= 15 is 0 Å². The molecule has 0 aliphatic carbocycles. The highest BCUT2D eigenvalue weighted by Gasteiger charge is 2.13. The molecule has 1 aromatic heterocycles. The van der Waals surface area contributed by atoms with E-state index < -0.39 is 0 Å². The summed E-state index contributed by atoms with van der Waals surface area (Å²) in [5, 5.41) is 3.99. The lowest BCUT2D eigenvalue weighted by Crippen LogP contribution is -2.33. The number of nitrogens with zero attached hydrogens (tertiary/aromatic N) is 1. The Labute approximate surface area is 150 Å². The molecule has 0 saturated heterocycles. The minimum atomic E-state index is -0.269. The zero-order chi connectivity index (χ0) is 17.7. The minimum absolute atomic E-state index is 0.0333. The first kappa shape index (κ1) is 18.5. The average Bonchev–Trinajstić information content (AvgIpc) is 2.48. The molecule has 0 aliphatic rings. The maximum Gasteiger partial charge on any atom is 0.255 e. The first-order valence-corrected chi connectivity index (χ1v) is 8.98. The smallest absolute Gasteiger partial charge is 0.255 e. The molecule has 5 nitrogen and oxygen atoms in total. The number of aryl methyl sites for hydroxylation is 1. The van der Waals surface area contributed by atoms with Crippen LogP contribution in [-0.2, 0) is 17.0 Å². The highest BCUT2D eigenvalue weighted by atomic mass is 35.5. The van der Waals surface area contributed by atoms with Gasteiger partial charge in [-0.15, -0.1) is 0 Å². The Bertz CT molecular complexity index is 790. The molecule has 0 unspecified atom stereocenters. The molecule has 0 saturated carbocycles. The van der Waals surface area contributed by atoms with Crippen LogP contribution in [0.25, 0.3) is 0 Å². The molecule has 1 aromatic carbocycles. The second kappa shape index (κ2) is 8.35. The lowest BCUT2D eigenvalue weighted by atomic mass is 10.1. The van der Waals surface area contributed by atoms with Gasteiger partial charge in [-0.05, 0) is 38.5 Å². The Balaban J connectivity index is 2.09. The predicted octanol–water partition coefficient (Wildman–Crippen LogP) is 3.09. The number of hydrogen-bond acceptors (Lipinski definition) is 4. The number of amides is 1. The van der Waals surface area contributed by atoms with E-state index in [1.807, 2.05) is 38.1 Å². The maximum atomic E-state index is 12.2. The topological polar surface area (TPSA) is 74.8 Å². The lowest BCUT2D eigenvalue weighted by molar-refractivity contribution is -0.120. The normalized spacial score (nSPS) is 10.9. The van der Waals surface area contributed by atoms with Gasteiger partial charge in [-0.2, -0.15) is 0 Å². The van der Waals surface area contributed by atoms with E-state index in [-0.39, 0.29) is 23.9 Å². The number of rotatable bonds is 6. The second-order valence-corrected chi connectivity index (χ2v) is 7.15. The number of carbonyl (C=O) groups is 1. The van der Waals surface area contributed by atoms with Gasteiger partial charge in [0, 0.05) is 28.1 Å². The number of halogens is 1. The van der Waals surface area contributed by atoms with Crippen LogP contribution in [0.4, 0.5) is 0 Å². The average molecular weight is 366 g/mol. The van der Waals surface area contributed by atoms with E-state index in [1.165, 1.54) is 11.8 Å². The number of aromatic nitrogens is 2. The van der Waals surface area contributed by atoms with Crippen LogP contribution in [0.15, 0.2) is 34.2 Å². The Morgan fingerprint density at radius 3 is 2.79 bits per heavy atom. The van der Waals surface area contributed by atoms with E-state index in [1.54, 1.807) is 6.92 Å². The van der Waals surface area contributed by atoms with Crippen molar-refractivity contribution in [2.75, 3.05) is 0 Å². The van der Waals surface area contributed by atoms with Crippen LogP contribution in [0.3, 0.4) is 0 Å². The molecular weight excluding hydrogens is 346 g/mol. The number of thioether (sulfide) groups is 1. The molecule has 0 aliphatic heterocycles. The molecule has 1 heterocycles. The summed E-state index contributed by atoms with van der Waals surface area (Å²) in [6, 6.07) is 7.59. The fourth-order valence-corrected chi connectivity index (χ4v) is 3.24. The van der Waals surface area contributed by atoms with E-state index in [0.29, 0.717) is 27.2 Å². The summed E-state index contributed by atoms with van der Waals surface area (Å²) < 4.78 is 0. The third-order valence-corrected chi connectivity index (χ3v) is 4.43. The number of hydrogen-bond donors (Lipinski definition) is 2. The first-order valence-electron chi connectivity index (χ1n) is 7.61. The number of aromatic amines is 1.